The number of aromatic amines is 1. The van der Waals surface area contributed by atoms with Gasteiger partial charge in [0.1, 0.15) is 10.3 Å². The minimum absolute atomic E-state index is 0.0401. The predicted molar refractivity (Wildman–Crippen MR) is 90.8 cm³/mol. The van der Waals surface area contributed by atoms with Gasteiger partial charge in [-0.2, -0.15) is 0 Å². The van der Waals surface area contributed by atoms with Crippen LogP contribution in [0.2, 0.25) is 0 Å². The normalized spacial score (nSPS) is 23.6. The molecule has 1 aromatic rings. The summed E-state index contributed by atoms with van der Waals surface area (Å²) in [6, 6.07) is 0. The fourth-order valence-electron chi connectivity index (χ4n) is 3.30. The number of halogens is 1. The summed E-state index contributed by atoms with van der Waals surface area (Å²) in [5, 5.41) is 0. The topological polar surface area (TPSA) is 45.8 Å². The minimum Gasteiger partial charge on any atom is -0.309 e. The highest BCUT2D eigenvalue weighted by Crippen LogP contribution is 2.42. The zero-order chi connectivity index (χ0) is 15.8. The first kappa shape index (κ1) is 16.7. The summed E-state index contributed by atoms with van der Waals surface area (Å²) in [5.74, 6) is 2.33. The Hall–Kier alpha value is -0.640. The van der Waals surface area contributed by atoms with E-state index >= 15 is 0 Å². The van der Waals surface area contributed by atoms with Crippen LogP contribution in [0.4, 0.5) is 0 Å². The summed E-state index contributed by atoms with van der Waals surface area (Å²) < 4.78 is 0.588. The third-order valence-electron chi connectivity index (χ3n) is 4.79. The lowest BCUT2D eigenvalue weighted by atomic mass is 9.69. The Bertz CT molecular complexity index is 549. The SMILES string of the molecule is CC(C)c1nc(C2CCC(C(C)(C)C)CC2)[nH]c(=O)c1Br. The van der Waals surface area contributed by atoms with Crippen molar-refractivity contribution in [3.63, 3.8) is 0 Å². The van der Waals surface area contributed by atoms with Gasteiger partial charge in [-0.25, -0.2) is 4.98 Å². The van der Waals surface area contributed by atoms with E-state index in [2.05, 4.69) is 55.5 Å². The van der Waals surface area contributed by atoms with E-state index in [1.54, 1.807) is 0 Å². The summed E-state index contributed by atoms with van der Waals surface area (Å²) in [5.41, 5.74) is 1.22. The first-order valence-electron chi connectivity index (χ1n) is 7.99. The summed E-state index contributed by atoms with van der Waals surface area (Å²) in [6.45, 7) is 11.1. The lowest BCUT2D eigenvalue weighted by molar-refractivity contribution is 0.167. The van der Waals surface area contributed by atoms with Gasteiger partial charge in [0.15, 0.2) is 0 Å². The molecule has 0 amide bonds. The van der Waals surface area contributed by atoms with E-state index in [4.69, 9.17) is 4.98 Å². The summed E-state index contributed by atoms with van der Waals surface area (Å²) >= 11 is 3.37. The Morgan fingerprint density at radius 3 is 2.24 bits per heavy atom. The van der Waals surface area contributed by atoms with Gasteiger partial charge in [-0.1, -0.05) is 34.6 Å². The number of rotatable bonds is 2. The van der Waals surface area contributed by atoms with E-state index < -0.39 is 0 Å². The minimum atomic E-state index is -0.0401. The molecule has 0 saturated heterocycles. The van der Waals surface area contributed by atoms with Gasteiger partial charge in [0.05, 0.1) is 5.69 Å². The molecule has 21 heavy (non-hydrogen) atoms. The van der Waals surface area contributed by atoms with Crippen molar-refractivity contribution in [1.82, 2.24) is 9.97 Å². The van der Waals surface area contributed by atoms with Crippen LogP contribution in [0.15, 0.2) is 9.27 Å². The maximum atomic E-state index is 12.1. The van der Waals surface area contributed by atoms with E-state index in [1.807, 2.05) is 0 Å². The number of hydrogen-bond acceptors (Lipinski definition) is 2. The van der Waals surface area contributed by atoms with Crippen molar-refractivity contribution in [3.8, 4) is 0 Å². The van der Waals surface area contributed by atoms with Crippen molar-refractivity contribution < 1.29 is 0 Å². The van der Waals surface area contributed by atoms with Gasteiger partial charge >= 0.3 is 0 Å². The van der Waals surface area contributed by atoms with Crippen molar-refractivity contribution in [2.75, 3.05) is 0 Å². The number of H-pyrrole nitrogens is 1. The smallest absolute Gasteiger partial charge is 0.265 e. The quantitative estimate of drug-likeness (QED) is 0.814. The number of nitrogens with one attached hydrogen (secondary N) is 1. The van der Waals surface area contributed by atoms with Crippen LogP contribution in [0.1, 0.15) is 83.7 Å². The second kappa shape index (κ2) is 6.23. The average Bonchev–Trinajstić information content (AvgIpc) is 2.40. The third kappa shape index (κ3) is 3.77. The molecular formula is C17H27BrN2O. The highest BCUT2D eigenvalue weighted by molar-refractivity contribution is 9.10. The molecule has 0 spiro atoms. The molecule has 0 radical (unpaired) electrons. The van der Waals surface area contributed by atoms with E-state index in [1.165, 1.54) is 12.8 Å². The average molecular weight is 355 g/mol. The van der Waals surface area contributed by atoms with Crippen molar-refractivity contribution in [1.29, 1.82) is 0 Å². The Morgan fingerprint density at radius 2 is 1.76 bits per heavy atom. The van der Waals surface area contributed by atoms with Gasteiger partial charge in [0, 0.05) is 5.92 Å². The molecule has 1 aromatic heterocycles. The molecule has 4 heteroatoms. The molecule has 1 heterocycles. The number of aromatic nitrogens is 2. The van der Waals surface area contributed by atoms with Crippen LogP contribution in [0.5, 0.6) is 0 Å². The second-order valence-electron chi connectivity index (χ2n) is 7.72. The molecule has 3 nitrogen and oxygen atoms in total. The van der Waals surface area contributed by atoms with Crippen LogP contribution >= 0.6 is 15.9 Å². The molecule has 0 unspecified atom stereocenters. The highest BCUT2D eigenvalue weighted by Gasteiger charge is 2.31. The van der Waals surface area contributed by atoms with Crippen molar-refractivity contribution in [2.24, 2.45) is 11.3 Å². The summed E-state index contributed by atoms with van der Waals surface area (Å²) in [6.07, 6.45) is 4.71. The van der Waals surface area contributed by atoms with Gasteiger partial charge in [-0.15, -0.1) is 0 Å². The molecule has 0 atom stereocenters. The maximum absolute atomic E-state index is 12.1. The number of hydrogen-bond donors (Lipinski definition) is 1. The highest BCUT2D eigenvalue weighted by atomic mass is 79.9. The first-order valence-corrected chi connectivity index (χ1v) is 8.79. The summed E-state index contributed by atoms with van der Waals surface area (Å²) in [7, 11) is 0. The van der Waals surface area contributed by atoms with Crippen LogP contribution in [0, 0.1) is 11.3 Å². The van der Waals surface area contributed by atoms with Crippen molar-refractivity contribution in [3.05, 3.63) is 26.3 Å². The van der Waals surface area contributed by atoms with Gasteiger partial charge in [0.25, 0.3) is 5.56 Å². The van der Waals surface area contributed by atoms with Crippen LogP contribution in [0.25, 0.3) is 0 Å². The molecule has 118 valence electrons. The monoisotopic (exact) mass is 354 g/mol. The third-order valence-corrected chi connectivity index (χ3v) is 5.56. The lowest BCUT2D eigenvalue weighted by Gasteiger charge is -2.36. The molecule has 1 saturated carbocycles. The van der Waals surface area contributed by atoms with E-state index in [0.717, 1.165) is 30.3 Å². The molecule has 0 bridgehead atoms. The summed E-state index contributed by atoms with van der Waals surface area (Å²) in [4.78, 5) is 19.8. The molecule has 1 N–H and O–H groups in total. The zero-order valence-corrected chi connectivity index (χ0v) is 15.4. The van der Waals surface area contributed by atoms with E-state index in [-0.39, 0.29) is 11.5 Å². The molecule has 1 aliphatic carbocycles. The molecular weight excluding hydrogens is 328 g/mol. The van der Waals surface area contributed by atoms with Crippen LogP contribution in [0.3, 0.4) is 0 Å². The Labute approximate surface area is 136 Å². The Kier molecular flexibility index (Phi) is 4.96. The maximum Gasteiger partial charge on any atom is 0.265 e. The van der Waals surface area contributed by atoms with Crippen molar-refractivity contribution >= 4 is 15.9 Å². The molecule has 0 aliphatic heterocycles. The van der Waals surface area contributed by atoms with Gasteiger partial charge in [-0.3, -0.25) is 4.79 Å². The van der Waals surface area contributed by atoms with Gasteiger partial charge in [-0.05, 0) is 58.9 Å². The van der Waals surface area contributed by atoms with Crippen LogP contribution in [-0.4, -0.2) is 9.97 Å². The fourth-order valence-corrected chi connectivity index (χ4v) is 3.95. The largest absolute Gasteiger partial charge is 0.309 e. The second-order valence-corrected chi connectivity index (χ2v) is 8.51. The molecule has 1 aliphatic rings. The van der Waals surface area contributed by atoms with Crippen LogP contribution < -0.4 is 5.56 Å². The Balaban J connectivity index is 2.19. The van der Waals surface area contributed by atoms with Gasteiger partial charge < -0.3 is 4.98 Å². The number of nitrogens with zero attached hydrogens (tertiary/aromatic N) is 1. The zero-order valence-electron chi connectivity index (χ0n) is 13.8. The molecule has 0 aromatic carbocycles. The van der Waals surface area contributed by atoms with E-state index in [0.29, 0.717) is 15.8 Å². The van der Waals surface area contributed by atoms with E-state index in [9.17, 15) is 4.79 Å². The lowest BCUT2D eigenvalue weighted by Crippen LogP contribution is -2.27. The standard InChI is InChI=1S/C17H27BrN2O/c1-10(2)14-13(18)16(21)20-15(19-14)11-6-8-12(9-7-11)17(3,4)5/h10-12H,6-9H2,1-5H3,(H,19,20,21). The van der Waals surface area contributed by atoms with Gasteiger partial charge in [0.2, 0.25) is 0 Å². The fraction of sp³-hybridized carbons (Fsp3) is 0.765. The molecule has 2 rings (SSSR count). The predicted octanol–water partition coefficient (Wildman–Crippen LogP) is 4.98. The molecule has 1 fully saturated rings. The van der Waals surface area contributed by atoms with Crippen molar-refractivity contribution in [2.45, 2.75) is 72.1 Å². The first-order chi connectivity index (χ1) is 9.70. The van der Waals surface area contributed by atoms with Crippen LogP contribution in [-0.2, 0) is 0 Å². The Morgan fingerprint density at radius 1 is 1.19 bits per heavy atom.